The average Bonchev–Trinajstić information content (AvgIpc) is 2.14. The third kappa shape index (κ3) is 16.3. The first-order chi connectivity index (χ1) is 5.72. The van der Waals surface area contributed by atoms with Crippen molar-refractivity contribution in [2.45, 2.75) is 6.92 Å². The van der Waals surface area contributed by atoms with Crippen LogP contribution in [-0.2, 0) is 0 Å². The largest absolute Gasteiger partial charge is 0.396 e. The maximum Gasteiger partial charge on any atom is 0.0613 e. The summed E-state index contributed by atoms with van der Waals surface area (Å²) in [5.74, 6) is 0.0463. The summed E-state index contributed by atoms with van der Waals surface area (Å²) in [7, 11) is 0. The Morgan fingerprint density at radius 1 is 0.917 bits per heavy atom. The third-order valence-electron chi connectivity index (χ3n) is 1.00. The van der Waals surface area contributed by atoms with E-state index in [1.54, 1.807) is 6.92 Å². The Morgan fingerprint density at radius 3 is 1.33 bits per heavy atom. The Hall–Kier alpha value is -0.420. The first-order valence-electron chi connectivity index (χ1n) is 3.81. The maximum atomic E-state index is 8.17. The Labute approximate surface area is 72.8 Å². The molecule has 0 aromatic rings. The topological polar surface area (TPSA) is 80.9 Å². The lowest BCUT2D eigenvalue weighted by Crippen LogP contribution is -2.04. The van der Waals surface area contributed by atoms with Gasteiger partial charge in [0.25, 0.3) is 0 Å². The van der Waals surface area contributed by atoms with E-state index in [0.717, 1.165) is 0 Å². The van der Waals surface area contributed by atoms with Crippen molar-refractivity contribution in [2.24, 2.45) is 5.92 Å². The smallest absolute Gasteiger partial charge is 0.0613 e. The van der Waals surface area contributed by atoms with Gasteiger partial charge in [-0.2, -0.15) is 0 Å². The Bertz CT molecular complexity index is 83.1. The number of rotatable bonds is 4. The molecular weight excluding hydrogens is 160 g/mol. The van der Waals surface area contributed by atoms with E-state index in [2.05, 4.69) is 0 Å². The highest BCUT2D eigenvalue weighted by molar-refractivity contribution is 4.78. The SMILES string of the molecule is CC(CO)CO.OCC=CCO. The van der Waals surface area contributed by atoms with Crippen molar-refractivity contribution in [1.82, 2.24) is 0 Å². The van der Waals surface area contributed by atoms with Gasteiger partial charge in [0.2, 0.25) is 0 Å². The lowest BCUT2D eigenvalue weighted by atomic mass is 10.2. The monoisotopic (exact) mass is 178 g/mol. The molecule has 4 heteroatoms. The quantitative estimate of drug-likeness (QED) is 0.422. The third-order valence-corrected chi connectivity index (χ3v) is 1.00. The van der Waals surface area contributed by atoms with Gasteiger partial charge in [-0.3, -0.25) is 0 Å². The molecule has 12 heavy (non-hydrogen) atoms. The Balaban J connectivity index is 0. The Morgan fingerprint density at radius 2 is 1.25 bits per heavy atom. The molecule has 4 N–H and O–H groups in total. The molecule has 0 saturated heterocycles. The molecule has 4 nitrogen and oxygen atoms in total. The van der Waals surface area contributed by atoms with E-state index in [4.69, 9.17) is 20.4 Å². The molecule has 0 saturated carbocycles. The molecule has 0 spiro atoms. The van der Waals surface area contributed by atoms with Crippen LogP contribution in [0.3, 0.4) is 0 Å². The highest BCUT2D eigenvalue weighted by Crippen LogP contribution is 1.85. The van der Waals surface area contributed by atoms with Gasteiger partial charge in [-0.1, -0.05) is 19.1 Å². The van der Waals surface area contributed by atoms with Crippen molar-refractivity contribution in [3.63, 3.8) is 0 Å². The zero-order chi connectivity index (χ0) is 9.82. The minimum atomic E-state index is 0.0144. The second kappa shape index (κ2) is 13.2. The first kappa shape index (κ1) is 14.1. The highest BCUT2D eigenvalue weighted by atomic mass is 16.3. The van der Waals surface area contributed by atoms with Gasteiger partial charge in [-0.05, 0) is 0 Å². The van der Waals surface area contributed by atoms with E-state index >= 15 is 0 Å². The van der Waals surface area contributed by atoms with Gasteiger partial charge in [-0.15, -0.1) is 0 Å². The van der Waals surface area contributed by atoms with Crippen LogP contribution in [0, 0.1) is 5.92 Å². The molecule has 0 atom stereocenters. The Kier molecular flexibility index (Phi) is 15.5. The summed E-state index contributed by atoms with van der Waals surface area (Å²) < 4.78 is 0. The summed E-state index contributed by atoms with van der Waals surface area (Å²) in [6.45, 7) is 1.97. The first-order valence-corrected chi connectivity index (χ1v) is 3.81. The summed E-state index contributed by atoms with van der Waals surface area (Å²) >= 11 is 0. The zero-order valence-electron chi connectivity index (χ0n) is 7.35. The van der Waals surface area contributed by atoms with Gasteiger partial charge >= 0.3 is 0 Å². The molecule has 0 amide bonds. The summed E-state index contributed by atoms with van der Waals surface area (Å²) in [4.78, 5) is 0. The average molecular weight is 178 g/mol. The van der Waals surface area contributed by atoms with E-state index in [1.807, 2.05) is 0 Å². The lowest BCUT2D eigenvalue weighted by Gasteiger charge is -1.97. The van der Waals surface area contributed by atoms with Gasteiger partial charge in [0, 0.05) is 19.1 Å². The molecule has 0 fully saturated rings. The van der Waals surface area contributed by atoms with Crippen molar-refractivity contribution in [1.29, 1.82) is 0 Å². The van der Waals surface area contributed by atoms with Crippen LogP contribution in [0.15, 0.2) is 12.2 Å². The lowest BCUT2D eigenvalue weighted by molar-refractivity contribution is 0.162. The molecule has 0 aromatic carbocycles. The fraction of sp³-hybridized carbons (Fsp3) is 0.750. The predicted octanol–water partition coefficient (Wildman–Crippen LogP) is -0.866. The summed E-state index contributed by atoms with van der Waals surface area (Å²) in [6.07, 6.45) is 2.97. The van der Waals surface area contributed by atoms with Crippen LogP contribution >= 0.6 is 0 Å². The van der Waals surface area contributed by atoms with E-state index < -0.39 is 0 Å². The minimum absolute atomic E-state index is 0.0144. The molecule has 0 heterocycles. The zero-order valence-corrected chi connectivity index (χ0v) is 7.35. The molecule has 0 aliphatic carbocycles. The molecule has 0 unspecified atom stereocenters. The fourth-order valence-electron chi connectivity index (χ4n) is 0.207. The predicted molar refractivity (Wildman–Crippen MR) is 46.6 cm³/mol. The number of hydrogen-bond donors (Lipinski definition) is 4. The van der Waals surface area contributed by atoms with Gasteiger partial charge in [0.1, 0.15) is 0 Å². The van der Waals surface area contributed by atoms with E-state index in [-0.39, 0.29) is 32.3 Å². The van der Waals surface area contributed by atoms with Gasteiger partial charge in [-0.25, -0.2) is 0 Å². The van der Waals surface area contributed by atoms with Crippen molar-refractivity contribution < 1.29 is 20.4 Å². The van der Waals surface area contributed by atoms with E-state index in [9.17, 15) is 0 Å². The molecule has 74 valence electrons. The summed E-state index contributed by atoms with van der Waals surface area (Å²) in [5, 5.41) is 32.3. The van der Waals surface area contributed by atoms with Crippen molar-refractivity contribution in [2.75, 3.05) is 26.4 Å². The molecule has 0 rings (SSSR count). The van der Waals surface area contributed by atoms with Crippen LogP contribution in [0.1, 0.15) is 6.92 Å². The second-order valence-corrected chi connectivity index (χ2v) is 2.31. The molecule has 0 radical (unpaired) electrons. The molecule has 0 aromatic heterocycles. The normalized spacial score (nSPS) is 10.2. The van der Waals surface area contributed by atoms with Gasteiger partial charge in [0.05, 0.1) is 13.2 Å². The molecular formula is C8H18O4. The van der Waals surface area contributed by atoms with E-state index in [1.165, 1.54) is 12.2 Å². The summed E-state index contributed by atoms with van der Waals surface area (Å²) in [5.41, 5.74) is 0. The van der Waals surface area contributed by atoms with E-state index in [0.29, 0.717) is 0 Å². The fourth-order valence-corrected chi connectivity index (χ4v) is 0.207. The number of aliphatic hydroxyl groups is 4. The van der Waals surface area contributed by atoms with Crippen LogP contribution in [0.4, 0.5) is 0 Å². The molecule has 0 aliphatic rings. The standard InChI is InChI=1S/C4H10O2.C4H8O2/c1-4(2-5)3-6;5-3-1-2-4-6/h4-6H,2-3H2,1H3;1-2,5-6H,3-4H2. The van der Waals surface area contributed by atoms with Crippen molar-refractivity contribution >= 4 is 0 Å². The van der Waals surface area contributed by atoms with Crippen LogP contribution in [0.5, 0.6) is 0 Å². The van der Waals surface area contributed by atoms with Gasteiger partial charge in [0.15, 0.2) is 0 Å². The second-order valence-electron chi connectivity index (χ2n) is 2.31. The molecule has 0 aliphatic heterocycles. The van der Waals surface area contributed by atoms with Crippen LogP contribution in [0.2, 0.25) is 0 Å². The van der Waals surface area contributed by atoms with Gasteiger partial charge < -0.3 is 20.4 Å². The molecule has 0 bridgehead atoms. The minimum Gasteiger partial charge on any atom is -0.396 e. The van der Waals surface area contributed by atoms with Crippen molar-refractivity contribution in [3.8, 4) is 0 Å². The highest BCUT2D eigenvalue weighted by Gasteiger charge is 1.91. The maximum absolute atomic E-state index is 8.17. The number of hydrogen-bond acceptors (Lipinski definition) is 4. The van der Waals surface area contributed by atoms with Crippen molar-refractivity contribution in [3.05, 3.63) is 12.2 Å². The summed E-state index contributed by atoms with van der Waals surface area (Å²) in [6, 6.07) is 0. The van der Waals surface area contributed by atoms with Crippen LogP contribution in [-0.4, -0.2) is 46.9 Å². The van der Waals surface area contributed by atoms with Crippen LogP contribution in [0.25, 0.3) is 0 Å². The number of aliphatic hydroxyl groups excluding tert-OH is 4. The van der Waals surface area contributed by atoms with Crippen LogP contribution < -0.4 is 0 Å².